The molecule has 0 spiro atoms. The molecular weight excluding hydrogens is 1830 g/mol. The van der Waals surface area contributed by atoms with Crippen LogP contribution < -0.4 is 63.3 Å². The summed E-state index contributed by atoms with van der Waals surface area (Å²) in [7, 11) is 4.30. The third kappa shape index (κ3) is 20.3. The number of hydrogen-bond acceptors (Lipinski definition) is 28. The highest BCUT2D eigenvalue weighted by atomic mass is 16.4. The predicted octanol–water partition coefficient (Wildman–Crippen LogP) is 15.8. The minimum absolute atomic E-state index is 0.320. The zero-order chi connectivity index (χ0) is 100. The standard InChI is InChI=1S/C24H27N5O2.C23H25N5O2.C22H23N5O2.C22H22N4O2.C21H20N4O2/c1-5-27-8-9-28(13-16(27)3)19-7-6-18-10-20(24(30)31-22(18)11-19)21-14-29-12-15(2)25-17(4)23(29)26-21;1-15-13-28-14-20(25-22(28)16(2)24-15)19-11-17-5-6-18(12-21(17)30-23(19)29)27-8-4-7-26(3)9-10-27;1-13-10-26(7-6-23-13)17-5-4-16-8-18(22(28)29-20(16)9-17)19-12-27-11-14(2)24-15(3)21(27)25-19;1-15-13-26-14-17(4-6-21(26)23-15)19-11-16-3-5-18(12-20(16)28-22(19)27)25-9-7-24(2)8-10-25;1-14-12-25-13-16(3-5-20(25)23-14)18-10-15-2-4-17(11-19(15)27-21(18)26)24-8-6-22-7-9-24/h6-7,10-12,14,16H,5,8-9,13H2,1-4H3;5-6,11-14H,4,7-10H2,1-3H3;4-5,8-9,11-13,23H,6-7,10H2,1-3H3;3-6,11-14H,7-10H2,1-2H3;2-5,10-13,22H,6-9H2,1H3/t16-;;13-;;/m1.0../s1. The molecule has 5 fully saturated rings. The maximum absolute atomic E-state index is 12.8. The number of hydrogen-bond donors (Lipinski definition) is 2. The van der Waals surface area contributed by atoms with Gasteiger partial charge in [-0.1, -0.05) is 6.92 Å². The molecule has 2 atom stereocenters. The lowest BCUT2D eigenvalue weighted by Crippen LogP contribution is -2.51. The first-order chi connectivity index (χ1) is 70.1. The average Bonchev–Trinajstić information content (AvgIpc) is 1.77. The number of pyridine rings is 2. The number of anilines is 5. The molecule has 2 N–H and O–H groups in total. The molecule has 20 aromatic rings. The van der Waals surface area contributed by atoms with E-state index >= 15 is 0 Å². The smallest absolute Gasteiger partial charge is 0.345 e. The van der Waals surface area contributed by atoms with Crippen molar-refractivity contribution in [2.45, 2.75) is 94.7 Å². The SMILES string of the molecule is CCN1CCN(c2ccc3cc(-c4cn5cc(C)nc(C)c5n4)c(=O)oc3c2)C[C@H]1C.Cc1cn2cc(-c3cc4ccc(N5CCCN(C)CC5)cc4oc3=O)nc2c(C)n1.Cc1cn2cc(-c3cc4ccc(N5CCN(C)CC5)cc4oc3=O)ccc2n1.Cc1cn2cc(-c3cc4ccc(N5CCNCC5)cc4oc3=O)ccc2n1.Cc1cn2cc(-c3cc4ccc(N5CCN[C@@H](C)C5)cc4oc3=O)nc2c(C)n1. The Hall–Kier alpha value is -15.8. The number of nitrogens with zero attached hydrogens (tertiary/aromatic N) is 21. The second-order valence-corrected chi connectivity index (χ2v) is 38.8. The first kappa shape index (κ1) is 95.4. The lowest BCUT2D eigenvalue weighted by Gasteiger charge is -2.40. The van der Waals surface area contributed by atoms with E-state index in [1.54, 1.807) is 0 Å². The van der Waals surface area contributed by atoms with E-state index in [9.17, 15) is 24.0 Å². The highest BCUT2D eigenvalue weighted by molar-refractivity contribution is 5.90. The van der Waals surface area contributed by atoms with Crippen LogP contribution in [0.25, 0.3) is 139 Å². The Morgan fingerprint density at radius 1 is 0.310 bits per heavy atom. The van der Waals surface area contributed by atoms with Crippen LogP contribution in [0.15, 0.2) is 254 Å². The maximum atomic E-state index is 12.8. The van der Waals surface area contributed by atoms with E-state index in [1.165, 1.54) is 0 Å². The van der Waals surface area contributed by atoms with Crippen LogP contribution in [0.4, 0.5) is 28.4 Å². The molecule has 5 aliphatic rings. The summed E-state index contributed by atoms with van der Waals surface area (Å²) < 4.78 is 38.1. The molecule has 0 unspecified atom stereocenters. The molecule has 5 aromatic carbocycles. The minimum atomic E-state index is -0.380. The van der Waals surface area contributed by atoms with Gasteiger partial charge in [0, 0.05) is 282 Å². The second kappa shape index (κ2) is 40.2. The number of rotatable bonds is 11. The Bertz CT molecular complexity index is 8690. The summed E-state index contributed by atoms with van der Waals surface area (Å²) in [5.41, 5.74) is 23.8. The van der Waals surface area contributed by atoms with Crippen LogP contribution in [0.3, 0.4) is 0 Å². The molecule has 0 saturated carbocycles. The molecule has 5 saturated heterocycles. The molecule has 0 radical (unpaired) electrons. The first-order valence-corrected chi connectivity index (χ1v) is 49.7. The summed E-state index contributed by atoms with van der Waals surface area (Å²) in [5.74, 6) is 0. The van der Waals surface area contributed by atoms with Gasteiger partial charge in [-0.05, 0) is 218 Å². The third-order valence-electron chi connectivity index (χ3n) is 28.1. The van der Waals surface area contributed by atoms with Crippen molar-refractivity contribution in [3.05, 3.63) is 305 Å². The average molecular weight is 1950 g/mol. The van der Waals surface area contributed by atoms with Crippen LogP contribution in [-0.2, 0) is 0 Å². The normalized spacial score (nSPS) is 16.3. The van der Waals surface area contributed by atoms with Crippen LogP contribution in [0.1, 0.15) is 72.7 Å². The molecule has 0 bridgehead atoms. The Kier molecular flexibility index (Phi) is 26.4. The zero-order valence-electron chi connectivity index (χ0n) is 83.9. The number of aryl methyl sites for hydroxylation is 8. The quantitative estimate of drug-likeness (QED) is 0.114. The van der Waals surface area contributed by atoms with Gasteiger partial charge in [-0.15, -0.1) is 0 Å². The molecule has 740 valence electrons. The lowest BCUT2D eigenvalue weighted by atomic mass is 10.1. The van der Waals surface area contributed by atoms with E-state index in [0.717, 1.165) is 271 Å². The number of aromatic nitrogens is 13. The molecule has 20 heterocycles. The summed E-state index contributed by atoms with van der Waals surface area (Å²) in [6, 6.07) is 48.6. The summed E-state index contributed by atoms with van der Waals surface area (Å²) in [4.78, 5) is 119. The number of nitrogens with one attached hydrogen (secondary N) is 2. The number of piperazine rings is 4. The van der Waals surface area contributed by atoms with Gasteiger partial charge in [0.1, 0.15) is 39.2 Å². The van der Waals surface area contributed by atoms with E-state index in [0.29, 0.717) is 84.9 Å². The van der Waals surface area contributed by atoms with Gasteiger partial charge in [0.05, 0.1) is 90.5 Å². The van der Waals surface area contributed by atoms with Crippen molar-refractivity contribution >= 4 is 112 Å². The summed E-state index contributed by atoms with van der Waals surface area (Å²) in [6.07, 6.45) is 20.2. The third-order valence-corrected chi connectivity index (χ3v) is 28.1. The molecule has 33 heteroatoms. The van der Waals surface area contributed by atoms with Crippen molar-refractivity contribution in [2.75, 3.05) is 163 Å². The fourth-order valence-electron chi connectivity index (χ4n) is 20.4. The molecule has 145 heavy (non-hydrogen) atoms. The van der Waals surface area contributed by atoms with E-state index < -0.39 is 0 Å². The molecule has 5 aliphatic heterocycles. The van der Waals surface area contributed by atoms with E-state index in [1.807, 2.05) is 255 Å². The van der Waals surface area contributed by atoms with Gasteiger partial charge >= 0.3 is 28.1 Å². The van der Waals surface area contributed by atoms with Crippen LogP contribution >= 0.6 is 0 Å². The van der Waals surface area contributed by atoms with E-state index in [-0.39, 0.29) is 28.1 Å². The van der Waals surface area contributed by atoms with Gasteiger partial charge in [-0.25, -0.2) is 48.9 Å². The van der Waals surface area contributed by atoms with Crippen molar-refractivity contribution in [3.8, 4) is 56.0 Å². The molecular formula is C112H117N23O10. The largest absolute Gasteiger partial charge is 0.422 e. The summed E-state index contributed by atoms with van der Waals surface area (Å²) >= 11 is 0. The van der Waals surface area contributed by atoms with Crippen LogP contribution in [0.5, 0.6) is 0 Å². The Balaban J connectivity index is 0.000000107. The number of likely N-dealkylation sites (N-methyl/N-ethyl adjacent to an activating group) is 3. The molecule has 0 aliphatic carbocycles. The zero-order valence-corrected chi connectivity index (χ0v) is 83.9. The van der Waals surface area contributed by atoms with Crippen LogP contribution in [0, 0.1) is 55.4 Å². The molecule has 0 amide bonds. The first-order valence-electron chi connectivity index (χ1n) is 49.7. The van der Waals surface area contributed by atoms with Crippen LogP contribution in [-0.4, -0.2) is 227 Å². The fraction of sp³-hybridized carbons (Fsp3) is 0.312. The summed E-state index contributed by atoms with van der Waals surface area (Å²) in [5, 5.41) is 11.3. The van der Waals surface area contributed by atoms with Gasteiger partial charge < -0.3 is 89.0 Å². The highest BCUT2D eigenvalue weighted by Crippen LogP contribution is 2.35. The van der Waals surface area contributed by atoms with Gasteiger partial charge in [0.25, 0.3) is 0 Å². The van der Waals surface area contributed by atoms with E-state index in [2.05, 4.69) is 155 Å². The topological polar surface area (TPSA) is 326 Å². The Labute approximate surface area is 834 Å². The molecule has 33 nitrogen and oxygen atoms in total. The maximum Gasteiger partial charge on any atom is 0.345 e. The monoisotopic (exact) mass is 1940 g/mol. The van der Waals surface area contributed by atoms with Crippen molar-refractivity contribution in [3.63, 3.8) is 0 Å². The molecule has 15 aromatic heterocycles. The number of fused-ring (bicyclic) bond motifs is 10. The minimum Gasteiger partial charge on any atom is -0.422 e. The van der Waals surface area contributed by atoms with Gasteiger partial charge in [0.2, 0.25) is 0 Å². The van der Waals surface area contributed by atoms with Crippen molar-refractivity contribution in [1.82, 2.24) is 87.2 Å². The Morgan fingerprint density at radius 3 is 1.01 bits per heavy atom. The predicted molar refractivity (Wildman–Crippen MR) is 572 cm³/mol. The molecule has 25 rings (SSSR count). The van der Waals surface area contributed by atoms with Crippen LogP contribution in [0.2, 0.25) is 0 Å². The van der Waals surface area contributed by atoms with Crippen molar-refractivity contribution < 1.29 is 22.1 Å². The highest BCUT2D eigenvalue weighted by Gasteiger charge is 2.28. The lowest BCUT2D eigenvalue weighted by molar-refractivity contribution is 0.199. The van der Waals surface area contributed by atoms with Crippen molar-refractivity contribution in [1.29, 1.82) is 0 Å². The van der Waals surface area contributed by atoms with Gasteiger partial charge in [-0.3, -0.25) is 19.9 Å². The fourth-order valence-corrected chi connectivity index (χ4v) is 20.4. The van der Waals surface area contributed by atoms with Crippen molar-refractivity contribution in [2.24, 2.45) is 0 Å². The summed E-state index contributed by atoms with van der Waals surface area (Å²) in [6.45, 7) is 41.0. The van der Waals surface area contributed by atoms with Gasteiger partial charge in [0.15, 0.2) is 16.9 Å². The Morgan fingerprint density at radius 2 is 0.634 bits per heavy atom. The van der Waals surface area contributed by atoms with Gasteiger partial charge in [-0.2, -0.15) is 0 Å². The second-order valence-electron chi connectivity index (χ2n) is 38.8. The number of imidazole rings is 5. The number of benzene rings is 5. The van der Waals surface area contributed by atoms with E-state index in [4.69, 9.17) is 22.1 Å².